The number of hydrogen-bond donors (Lipinski definition) is 0. The zero-order valence-corrected chi connectivity index (χ0v) is 11.7. The molecule has 2 aliphatic rings. The van der Waals surface area contributed by atoms with Crippen LogP contribution in [0.3, 0.4) is 0 Å². The smallest absolute Gasteiger partial charge is 0.242 e. The third kappa shape index (κ3) is 2.69. The first-order chi connectivity index (χ1) is 9.74. The molecule has 0 aliphatic carbocycles. The van der Waals surface area contributed by atoms with Gasteiger partial charge in [0.25, 0.3) is 0 Å². The van der Waals surface area contributed by atoms with Crippen molar-refractivity contribution in [1.29, 1.82) is 0 Å². The fourth-order valence-electron chi connectivity index (χ4n) is 3.00. The fraction of sp³-hybridized carbons (Fsp3) is 0.500. The van der Waals surface area contributed by atoms with Crippen LogP contribution in [0.2, 0.25) is 0 Å². The van der Waals surface area contributed by atoms with Gasteiger partial charge in [0.1, 0.15) is 0 Å². The highest BCUT2D eigenvalue weighted by molar-refractivity contribution is 5.85. The van der Waals surface area contributed by atoms with E-state index < -0.39 is 0 Å². The van der Waals surface area contributed by atoms with Gasteiger partial charge in [0, 0.05) is 26.1 Å². The van der Waals surface area contributed by atoms with Crippen molar-refractivity contribution in [3.8, 4) is 0 Å². The highest BCUT2D eigenvalue weighted by atomic mass is 16.2. The van der Waals surface area contributed by atoms with Gasteiger partial charge in [-0.15, -0.1) is 0 Å². The van der Waals surface area contributed by atoms with E-state index in [4.69, 9.17) is 0 Å². The van der Waals surface area contributed by atoms with E-state index in [9.17, 15) is 9.59 Å². The van der Waals surface area contributed by atoms with Crippen LogP contribution in [0.4, 0.5) is 0 Å². The number of rotatable bonds is 2. The van der Waals surface area contributed by atoms with Gasteiger partial charge in [-0.1, -0.05) is 24.3 Å². The number of nitrogens with zero attached hydrogens (tertiary/aromatic N) is 2. The van der Waals surface area contributed by atoms with Crippen molar-refractivity contribution in [2.45, 2.75) is 32.2 Å². The molecular weight excluding hydrogens is 252 g/mol. The fourth-order valence-corrected chi connectivity index (χ4v) is 3.00. The molecule has 0 spiro atoms. The van der Waals surface area contributed by atoms with Gasteiger partial charge in [-0.05, 0) is 30.4 Å². The van der Waals surface area contributed by atoms with Crippen LogP contribution in [-0.4, -0.2) is 41.2 Å². The lowest BCUT2D eigenvalue weighted by atomic mass is 10.00. The quantitative estimate of drug-likeness (QED) is 0.820. The molecule has 0 N–H and O–H groups in total. The Kier molecular flexibility index (Phi) is 3.72. The van der Waals surface area contributed by atoms with Crippen LogP contribution in [0.25, 0.3) is 0 Å². The Labute approximate surface area is 119 Å². The zero-order valence-electron chi connectivity index (χ0n) is 11.7. The predicted molar refractivity (Wildman–Crippen MR) is 76.0 cm³/mol. The Morgan fingerprint density at radius 3 is 2.65 bits per heavy atom. The van der Waals surface area contributed by atoms with Gasteiger partial charge < -0.3 is 9.80 Å². The van der Waals surface area contributed by atoms with Gasteiger partial charge >= 0.3 is 0 Å². The van der Waals surface area contributed by atoms with E-state index >= 15 is 0 Å². The molecular formula is C16H20N2O2. The Balaban J connectivity index is 1.63. The van der Waals surface area contributed by atoms with Crippen molar-refractivity contribution in [3.05, 3.63) is 35.4 Å². The largest absolute Gasteiger partial charge is 0.336 e. The molecule has 0 atom stereocenters. The SMILES string of the molecule is O=C1CCCCN1CC(=O)N1CCc2ccccc2C1. The van der Waals surface area contributed by atoms with Gasteiger partial charge in [0.05, 0.1) is 6.54 Å². The summed E-state index contributed by atoms with van der Waals surface area (Å²) in [4.78, 5) is 27.7. The van der Waals surface area contributed by atoms with E-state index in [1.807, 2.05) is 17.0 Å². The maximum atomic E-state index is 12.4. The molecule has 1 aromatic carbocycles. The van der Waals surface area contributed by atoms with E-state index in [1.165, 1.54) is 11.1 Å². The zero-order chi connectivity index (χ0) is 13.9. The Bertz CT molecular complexity index is 527. The topological polar surface area (TPSA) is 40.6 Å². The normalized spacial score (nSPS) is 18.9. The number of amides is 2. The average molecular weight is 272 g/mol. The second-order valence-electron chi connectivity index (χ2n) is 5.61. The summed E-state index contributed by atoms with van der Waals surface area (Å²) in [6, 6.07) is 8.27. The first-order valence-electron chi connectivity index (χ1n) is 7.36. The Hall–Kier alpha value is -1.84. The summed E-state index contributed by atoms with van der Waals surface area (Å²) < 4.78 is 0. The van der Waals surface area contributed by atoms with Crippen LogP contribution >= 0.6 is 0 Å². The van der Waals surface area contributed by atoms with Crippen LogP contribution in [0.5, 0.6) is 0 Å². The molecule has 1 saturated heterocycles. The minimum absolute atomic E-state index is 0.0785. The van der Waals surface area contributed by atoms with Gasteiger partial charge in [0.2, 0.25) is 11.8 Å². The molecule has 2 aliphatic heterocycles. The molecule has 3 rings (SSSR count). The highest BCUT2D eigenvalue weighted by Gasteiger charge is 2.25. The van der Waals surface area contributed by atoms with Crippen LogP contribution in [0, 0.1) is 0 Å². The summed E-state index contributed by atoms with van der Waals surface area (Å²) in [5, 5.41) is 0. The van der Waals surface area contributed by atoms with Gasteiger partial charge in [0.15, 0.2) is 0 Å². The Morgan fingerprint density at radius 2 is 1.85 bits per heavy atom. The maximum Gasteiger partial charge on any atom is 0.242 e. The van der Waals surface area contributed by atoms with E-state index in [0.29, 0.717) is 13.0 Å². The standard InChI is InChI=1S/C16H20N2O2/c19-15-7-3-4-9-17(15)12-16(20)18-10-8-13-5-1-2-6-14(13)11-18/h1-2,5-6H,3-4,7-12H2. The van der Waals surface area contributed by atoms with E-state index in [1.54, 1.807) is 4.90 Å². The molecule has 2 heterocycles. The summed E-state index contributed by atoms with van der Waals surface area (Å²) in [5.74, 6) is 0.205. The molecule has 0 aromatic heterocycles. The molecule has 0 radical (unpaired) electrons. The lowest BCUT2D eigenvalue weighted by Gasteiger charge is -2.32. The third-order valence-electron chi connectivity index (χ3n) is 4.23. The first-order valence-corrected chi connectivity index (χ1v) is 7.36. The first kappa shape index (κ1) is 13.2. The third-order valence-corrected chi connectivity index (χ3v) is 4.23. The summed E-state index contributed by atoms with van der Waals surface area (Å²) in [6.45, 7) is 2.42. The molecule has 0 bridgehead atoms. The summed E-state index contributed by atoms with van der Waals surface area (Å²) in [7, 11) is 0. The average Bonchev–Trinajstić information content (AvgIpc) is 2.49. The summed E-state index contributed by atoms with van der Waals surface area (Å²) in [6.07, 6.45) is 3.48. The van der Waals surface area contributed by atoms with Crippen molar-refractivity contribution in [3.63, 3.8) is 0 Å². The predicted octanol–water partition coefficient (Wildman–Crippen LogP) is 1.58. The summed E-state index contributed by atoms with van der Waals surface area (Å²) in [5.41, 5.74) is 2.57. The minimum Gasteiger partial charge on any atom is -0.336 e. The molecule has 0 saturated carbocycles. The lowest BCUT2D eigenvalue weighted by molar-refractivity contribution is -0.142. The molecule has 1 fully saturated rings. The molecule has 4 heteroatoms. The number of carbonyl (C=O) groups excluding carboxylic acids is 2. The Morgan fingerprint density at radius 1 is 1.05 bits per heavy atom. The highest BCUT2D eigenvalue weighted by Crippen LogP contribution is 2.19. The van der Waals surface area contributed by atoms with Gasteiger partial charge in [-0.25, -0.2) is 0 Å². The van der Waals surface area contributed by atoms with E-state index in [0.717, 1.165) is 32.4 Å². The number of carbonyl (C=O) groups is 2. The second-order valence-corrected chi connectivity index (χ2v) is 5.61. The van der Waals surface area contributed by atoms with Crippen LogP contribution in [0.1, 0.15) is 30.4 Å². The lowest BCUT2D eigenvalue weighted by Crippen LogP contribution is -2.46. The van der Waals surface area contributed by atoms with E-state index in [2.05, 4.69) is 12.1 Å². The molecule has 106 valence electrons. The second kappa shape index (κ2) is 5.65. The van der Waals surface area contributed by atoms with Crippen molar-refractivity contribution in [2.75, 3.05) is 19.6 Å². The number of likely N-dealkylation sites (tertiary alicyclic amines) is 1. The van der Waals surface area contributed by atoms with E-state index in [-0.39, 0.29) is 18.4 Å². The number of hydrogen-bond acceptors (Lipinski definition) is 2. The molecule has 20 heavy (non-hydrogen) atoms. The number of piperidine rings is 1. The molecule has 2 amide bonds. The molecule has 0 unspecified atom stereocenters. The van der Waals surface area contributed by atoms with Crippen LogP contribution < -0.4 is 0 Å². The van der Waals surface area contributed by atoms with Crippen molar-refractivity contribution < 1.29 is 9.59 Å². The summed E-state index contributed by atoms with van der Waals surface area (Å²) >= 11 is 0. The monoisotopic (exact) mass is 272 g/mol. The van der Waals surface area contributed by atoms with Gasteiger partial charge in [-0.3, -0.25) is 9.59 Å². The maximum absolute atomic E-state index is 12.4. The number of benzene rings is 1. The number of fused-ring (bicyclic) bond motifs is 1. The van der Waals surface area contributed by atoms with Crippen molar-refractivity contribution in [2.24, 2.45) is 0 Å². The molecule has 1 aromatic rings. The molecule has 4 nitrogen and oxygen atoms in total. The van der Waals surface area contributed by atoms with Gasteiger partial charge in [-0.2, -0.15) is 0 Å². The minimum atomic E-state index is 0.0785. The van der Waals surface area contributed by atoms with Crippen LogP contribution in [-0.2, 0) is 22.6 Å². The van der Waals surface area contributed by atoms with Crippen LogP contribution in [0.15, 0.2) is 24.3 Å². The van der Waals surface area contributed by atoms with Crippen molar-refractivity contribution in [1.82, 2.24) is 9.80 Å². The van der Waals surface area contributed by atoms with Crippen molar-refractivity contribution >= 4 is 11.8 Å².